The van der Waals surface area contributed by atoms with Gasteiger partial charge in [-0.25, -0.2) is 4.99 Å². The highest BCUT2D eigenvalue weighted by molar-refractivity contribution is 6.41. The van der Waals surface area contributed by atoms with Gasteiger partial charge in [-0.15, -0.1) is 0 Å². The standard InChI is InChI=1S/C23H31F2N3O2/c1-3-4-12-29-18-8-7-16-14-22(10-5-6-17(9-11-22)30-21(24)25)23(19(16)13-18)27-15(2)20(26)28-23/h7-8,13,17,21H,3-6,9-12,14H2,1-2H3,(H2,26,28). The van der Waals surface area contributed by atoms with Crippen molar-refractivity contribution < 1.29 is 18.3 Å². The molecular formula is C23H31F2N3O2. The molecule has 0 bridgehead atoms. The molecule has 3 unspecified atom stereocenters. The number of nitrogens with zero attached hydrogens (tertiary/aromatic N) is 2. The maximum Gasteiger partial charge on any atom is 0.345 e. The number of rotatable bonds is 6. The average molecular weight is 420 g/mol. The van der Waals surface area contributed by atoms with Crippen LogP contribution in [0.5, 0.6) is 5.75 Å². The fraction of sp³-hybridized carbons (Fsp3) is 0.652. The monoisotopic (exact) mass is 419 g/mol. The van der Waals surface area contributed by atoms with E-state index in [-0.39, 0.29) is 5.41 Å². The van der Waals surface area contributed by atoms with Crippen molar-refractivity contribution in [1.82, 2.24) is 0 Å². The maximum absolute atomic E-state index is 12.8. The highest BCUT2D eigenvalue weighted by Gasteiger charge is 2.60. The lowest BCUT2D eigenvalue weighted by molar-refractivity contribution is -0.165. The summed E-state index contributed by atoms with van der Waals surface area (Å²) in [6, 6.07) is 6.19. The first kappa shape index (κ1) is 21.2. The van der Waals surface area contributed by atoms with Crippen molar-refractivity contribution in [2.45, 2.75) is 83.6 Å². The van der Waals surface area contributed by atoms with Gasteiger partial charge in [-0.3, -0.25) is 4.99 Å². The second-order valence-electron chi connectivity index (χ2n) is 8.79. The number of amidine groups is 1. The Kier molecular flexibility index (Phi) is 5.84. The van der Waals surface area contributed by atoms with Gasteiger partial charge in [0.1, 0.15) is 11.6 Å². The summed E-state index contributed by atoms with van der Waals surface area (Å²) in [4.78, 5) is 9.96. The summed E-state index contributed by atoms with van der Waals surface area (Å²) in [7, 11) is 0. The van der Waals surface area contributed by atoms with Gasteiger partial charge >= 0.3 is 6.61 Å². The highest BCUT2D eigenvalue weighted by atomic mass is 19.3. The van der Waals surface area contributed by atoms with Crippen molar-refractivity contribution in [2.75, 3.05) is 6.61 Å². The van der Waals surface area contributed by atoms with Gasteiger partial charge in [0.15, 0.2) is 5.66 Å². The SMILES string of the molecule is CCCCOc1ccc2c(c1)C1(N=C(C)C(N)=N1)C1(CCCC(OC(F)F)CC1)C2. The van der Waals surface area contributed by atoms with Crippen LogP contribution >= 0.6 is 0 Å². The number of ether oxygens (including phenoxy) is 2. The number of nitrogens with two attached hydrogens (primary N) is 1. The summed E-state index contributed by atoms with van der Waals surface area (Å²) in [5.41, 5.74) is 8.12. The van der Waals surface area contributed by atoms with Crippen LogP contribution in [0.3, 0.4) is 0 Å². The number of fused-ring (bicyclic) bond motifs is 3. The number of benzene rings is 1. The third-order valence-corrected chi connectivity index (χ3v) is 6.90. The minimum Gasteiger partial charge on any atom is -0.494 e. The summed E-state index contributed by atoms with van der Waals surface area (Å²) >= 11 is 0. The first-order valence-electron chi connectivity index (χ1n) is 11.0. The van der Waals surface area contributed by atoms with Crippen molar-refractivity contribution in [3.05, 3.63) is 29.3 Å². The number of hydrogen-bond acceptors (Lipinski definition) is 5. The largest absolute Gasteiger partial charge is 0.494 e. The van der Waals surface area contributed by atoms with Gasteiger partial charge in [0.2, 0.25) is 0 Å². The summed E-state index contributed by atoms with van der Waals surface area (Å²) < 4.78 is 36.4. The van der Waals surface area contributed by atoms with E-state index in [1.165, 1.54) is 5.56 Å². The Morgan fingerprint density at radius 3 is 2.77 bits per heavy atom. The fourth-order valence-corrected chi connectivity index (χ4v) is 5.35. The molecule has 1 aliphatic heterocycles. The summed E-state index contributed by atoms with van der Waals surface area (Å²) in [6.45, 7) is 1.96. The maximum atomic E-state index is 12.8. The molecule has 0 amide bonds. The van der Waals surface area contributed by atoms with Gasteiger partial charge < -0.3 is 15.2 Å². The quantitative estimate of drug-likeness (QED) is 0.662. The predicted octanol–water partition coefficient (Wildman–Crippen LogP) is 4.96. The Hall–Kier alpha value is -2.02. The van der Waals surface area contributed by atoms with E-state index >= 15 is 0 Å². The topological polar surface area (TPSA) is 69.2 Å². The molecule has 4 rings (SSSR count). The number of halogens is 2. The minimum absolute atomic E-state index is 0.278. The molecule has 7 heteroatoms. The van der Waals surface area contributed by atoms with E-state index in [1.54, 1.807) is 0 Å². The number of unbranched alkanes of at least 4 members (excludes halogenated alkanes) is 1. The molecule has 3 atom stereocenters. The van der Waals surface area contributed by atoms with Crippen molar-refractivity contribution in [1.29, 1.82) is 0 Å². The van der Waals surface area contributed by atoms with Crippen LogP contribution in [-0.4, -0.2) is 30.9 Å². The van der Waals surface area contributed by atoms with Gasteiger partial charge in [0.05, 0.1) is 18.4 Å². The van der Waals surface area contributed by atoms with Gasteiger partial charge in [-0.2, -0.15) is 8.78 Å². The molecule has 1 saturated carbocycles. The van der Waals surface area contributed by atoms with Crippen LogP contribution in [-0.2, 0) is 16.8 Å². The summed E-state index contributed by atoms with van der Waals surface area (Å²) in [6.07, 6.45) is 6.04. The van der Waals surface area contributed by atoms with E-state index in [0.717, 1.165) is 55.5 Å². The van der Waals surface area contributed by atoms with Crippen molar-refractivity contribution in [2.24, 2.45) is 21.1 Å². The van der Waals surface area contributed by atoms with Crippen LogP contribution in [0.1, 0.15) is 69.9 Å². The highest BCUT2D eigenvalue weighted by Crippen LogP contribution is 2.61. The molecule has 164 valence electrons. The fourth-order valence-electron chi connectivity index (χ4n) is 5.35. The average Bonchev–Trinajstić information content (AvgIpc) is 3.03. The lowest BCUT2D eigenvalue weighted by Gasteiger charge is -2.39. The van der Waals surface area contributed by atoms with Gasteiger partial charge in [-0.1, -0.05) is 25.8 Å². The van der Waals surface area contributed by atoms with Crippen LogP contribution in [0.4, 0.5) is 8.78 Å². The molecule has 1 aromatic carbocycles. The molecule has 0 aromatic heterocycles. The van der Waals surface area contributed by atoms with E-state index in [9.17, 15) is 8.78 Å². The Labute approximate surface area is 176 Å². The molecule has 1 fully saturated rings. The van der Waals surface area contributed by atoms with E-state index in [0.29, 0.717) is 25.3 Å². The summed E-state index contributed by atoms with van der Waals surface area (Å²) in [5.74, 6) is 1.28. The third kappa shape index (κ3) is 3.61. The minimum atomic E-state index is -2.73. The Bertz CT molecular complexity index is 837. The van der Waals surface area contributed by atoms with Crippen LogP contribution in [0.15, 0.2) is 28.2 Å². The first-order chi connectivity index (χ1) is 14.4. The molecular weight excluding hydrogens is 388 g/mol. The lowest BCUT2D eigenvalue weighted by atomic mass is 9.70. The third-order valence-electron chi connectivity index (χ3n) is 6.90. The molecule has 2 N–H and O–H groups in total. The molecule has 1 heterocycles. The lowest BCUT2D eigenvalue weighted by Crippen LogP contribution is -2.39. The predicted molar refractivity (Wildman–Crippen MR) is 113 cm³/mol. The van der Waals surface area contributed by atoms with Crippen LogP contribution in [0, 0.1) is 5.41 Å². The van der Waals surface area contributed by atoms with E-state index < -0.39 is 18.4 Å². The first-order valence-corrected chi connectivity index (χ1v) is 11.0. The van der Waals surface area contributed by atoms with Crippen LogP contribution in [0.2, 0.25) is 0 Å². The Morgan fingerprint density at radius 1 is 1.23 bits per heavy atom. The van der Waals surface area contributed by atoms with Gasteiger partial charge in [0, 0.05) is 11.0 Å². The number of alkyl halides is 2. The molecule has 0 radical (unpaired) electrons. The molecule has 2 spiro atoms. The molecule has 30 heavy (non-hydrogen) atoms. The van der Waals surface area contributed by atoms with E-state index in [4.69, 9.17) is 25.2 Å². The van der Waals surface area contributed by atoms with Crippen molar-refractivity contribution >= 4 is 11.5 Å². The van der Waals surface area contributed by atoms with Gasteiger partial charge in [0.25, 0.3) is 0 Å². The number of aliphatic imine (C=N–C) groups is 2. The smallest absolute Gasteiger partial charge is 0.345 e. The van der Waals surface area contributed by atoms with Crippen LogP contribution in [0.25, 0.3) is 0 Å². The zero-order valence-corrected chi connectivity index (χ0v) is 17.8. The van der Waals surface area contributed by atoms with E-state index in [1.807, 2.05) is 13.0 Å². The van der Waals surface area contributed by atoms with Crippen LogP contribution < -0.4 is 10.5 Å². The molecule has 5 nitrogen and oxygen atoms in total. The number of hydrogen-bond donors (Lipinski definition) is 1. The summed E-state index contributed by atoms with van der Waals surface area (Å²) in [5, 5.41) is 0. The van der Waals surface area contributed by atoms with Crippen molar-refractivity contribution in [3.63, 3.8) is 0 Å². The molecule has 0 saturated heterocycles. The Morgan fingerprint density at radius 2 is 2.07 bits per heavy atom. The zero-order chi connectivity index (χ0) is 21.4. The normalized spacial score (nSPS) is 30.5. The van der Waals surface area contributed by atoms with Crippen molar-refractivity contribution in [3.8, 4) is 5.75 Å². The second kappa shape index (κ2) is 8.25. The molecule has 3 aliphatic rings. The molecule has 1 aromatic rings. The second-order valence-corrected chi connectivity index (χ2v) is 8.79. The van der Waals surface area contributed by atoms with Gasteiger partial charge in [-0.05, 0) is 63.1 Å². The molecule has 2 aliphatic carbocycles. The zero-order valence-electron chi connectivity index (χ0n) is 17.8. The van der Waals surface area contributed by atoms with E-state index in [2.05, 4.69) is 19.1 Å². The Balaban J connectivity index is 1.70.